The van der Waals surface area contributed by atoms with Gasteiger partial charge >= 0.3 is 0 Å². The van der Waals surface area contributed by atoms with E-state index in [2.05, 4.69) is 13.8 Å². The van der Waals surface area contributed by atoms with Crippen molar-refractivity contribution in [1.29, 1.82) is 0 Å². The van der Waals surface area contributed by atoms with E-state index in [-0.39, 0.29) is 12.0 Å². The predicted octanol–water partition coefficient (Wildman–Crippen LogP) is 2.51. The first-order valence-corrected chi connectivity index (χ1v) is 6.17. The first-order chi connectivity index (χ1) is 7.91. The van der Waals surface area contributed by atoms with Gasteiger partial charge in [0.2, 0.25) is 5.24 Å². The molecule has 0 fully saturated rings. The maximum atomic E-state index is 12.1. The lowest BCUT2D eigenvalue weighted by Crippen LogP contribution is -2.27. The van der Waals surface area contributed by atoms with Crippen molar-refractivity contribution in [3.8, 4) is 0 Å². The molecule has 94 valence electrons. The molecule has 0 saturated heterocycles. The van der Waals surface area contributed by atoms with Crippen molar-refractivity contribution in [2.24, 2.45) is 5.92 Å². The molecule has 0 unspecified atom stereocenters. The summed E-state index contributed by atoms with van der Waals surface area (Å²) in [5.74, 6) is 0.413. The van der Waals surface area contributed by atoms with Crippen molar-refractivity contribution in [2.45, 2.75) is 40.2 Å². The molecule has 1 aromatic heterocycles. The maximum Gasteiger partial charge on any atom is 0.253 e. The van der Waals surface area contributed by atoms with Gasteiger partial charge in [0, 0.05) is 24.2 Å². The van der Waals surface area contributed by atoms with E-state index >= 15 is 0 Å². The van der Waals surface area contributed by atoms with Crippen LogP contribution in [-0.4, -0.2) is 9.81 Å². The number of carbonyl (C=O) groups excluding carboxylic acids is 1. The van der Waals surface area contributed by atoms with Gasteiger partial charge in [-0.25, -0.2) is 0 Å². The summed E-state index contributed by atoms with van der Waals surface area (Å²) in [7, 11) is 0. The van der Waals surface area contributed by atoms with E-state index in [4.69, 9.17) is 11.6 Å². The molecular formula is C13H18ClNO2. The smallest absolute Gasteiger partial charge is 0.253 e. The average Bonchev–Trinajstić information content (AvgIpc) is 2.22. The van der Waals surface area contributed by atoms with Gasteiger partial charge in [-0.15, -0.1) is 0 Å². The van der Waals surface area contributed by atoms with Gasteiger partial charge in [0.1, 0.15) is 0 Å². The summed E-state index contributed by atoms with van der Waals surface area (Å²) in [5.41, 5.74) is 1.60. The Morgan fingerprint density at radius 2 is 2.06 bits per heavy atom. The summed E-state index contributed by atoms with van der Waals surface area (Å²) >= 11 is 5.29. The molecule has 3 nitrogen and oxygen atoms in total. The third-order valence-corrected chi connectivity index (χ3v) is 2.80. The molecule has 0 atom stereocenters. The fourth-order valence-corrected chi connectivity index (χ4v) is 1.83. The topological polar surface area (TPSA) is 39.1 Å². The number of hydrogen-bond donors (Lipinski definition) is 0. The molecule has 0 N–H and O–H groups in total. The fourth-order valence-electron chi connectivity index (χ4n) is 1.73. The number of carbonyl (C=O) groups is 1. The highest BCUT2D eigenvalue weighted by Crippen LogP contribution is 2.05. The second-order valence-electron chi connectivity index (χ2n) is 4.66. The third-order valence-electron chi connectivity index (χ3n) is 2.61. The Balaban J connectivity index is 3.01. The van der Waals surface area contributed by atoms with E-state index in [1.165, 1.54) is 0 Å². The predicted molar refractivity (Wildman–Crippen MR) is 69.5 cm³/mol. The third kappa shape index (κ3) is 4.00. The summed E-state index contributed by atoms with van der Waals surface area (Å²) in [6.07, 6.45) is 0.626. The normalized spacial score (nSPS) is 10.9. The van der Waals surface area contributed by atoms with Gasteiger partial charge in [-0.2, -0.15) is 0 Å². The molecule has 1 rings (SSSR count). The SMILES string of the molecule is Cc1ccc(CCC(=O)Cl)c(=O)n1CC(C)C. The van der Waals surface area contributed by atoms with Gasteiger partial charge in [-0.05, 0) is 36.9 Å². The Hall–Kier alpha value is -1.09. The van der Waals surface area contributed by atoms with Gasteiger partial charge in [-0.3, -0.25) is 9.59 Å². The van der Waals surface area contributed by atoms with Crippen molar-refractivity contribution in [3.05, 3.63) is 33.7 Å². The summed E-state index contributed by atoms with van der Waals surface area (Å²) < 4.78 is 1.76. The van der Waals surface area contributed by atoms with Gasteiger partial charge < -0.3 is 4.57 Å². The Kier molecular flexibility index (Phi) is 4.94. The molecule has 0 aliphatic rings. The van der Waals surface area contributed by atoms with Crippen LogP contribution in [0.4, 0.5) is 0 Å². The molecule has 0 amide bonds. The maximum absolute atomic E-state index is 12.1. The molecule has 1 heterocycles. The average molecular weight is 256 g/mol. The lowest BCUT2D eigenvalue weighted by Gasteiger charge is -2.13. The van der Waals surface area contributed by atoms with E-state index in [0.717, 1.165) is 5.69 Å². The van der Waals surface area contributed by atoms with Crippen LogP contribution in [-0.2, 0) is 17.8 Å². The zero-order valence-electron chi connectivity index (χ0n) is 10.5. The number of halogens is 1. The second kappa shape index (κ2) is 6.01. The summed E-state index contributed by atoms with van der Waals surface area (Å²) in [6.45, 7) is 6.76. The van der Waals surface area contributed by atoms with Gasteiger partial charge in [0.15, 0.2) is 0 Å². The van der Waals surface area contributed by atoms with Gasteiger partial charge in [0.25, 0.3) is 5.56 Å². The molecule has 0 aliphatic heterocycles. The monoisotopic (exact) mass is 255 g/mol. The van der Waals surface area contributed by atoms with Crippen LogP contribution < -0.4 is 5.56 Å². The largest absolute Gasteiger partial charge is 0.312 e. The lowest BCUT2D eigenvalue weighted by atomic mass is 10.1. The molecule has 0 radical (unpaired) electrons. The fraction of sp³-hybridized carbons (Fsp3) is 0.538. The van der Waals surface area contributed by atoms with Crippen LogP contribution >= 0.6 is 11.6 Å². The summed E-state index contributed by atoms with van der Waals surface area (Å²) in [6, 6.07) is 3.70. The van der Waals surface area contributed by atoms with Crippen LogP contribution in [0.1, 0.15) is 31.5 Å². The van der Waals surface area contributed by atoms with Crippen LogP contribution in [0.25, 0.3) is 0 Å². The van der Waals surface area contributed by atoms with Crippen LogP contribution in [0.2, 0.25) is 0 Å². The van der Waals surface area contributed by atoms with Crippen LogP contribution in [0.15, 0.2) is 16.9 Å². The molecule has 4 heteroatoms. The molecule has 0 spiro atoms. The Morgan fingerprint density at radius 1 is 1.41 bits per heavy atom. The number of rotatable bonds is 5. The minimum atomic E-state index is -0.402. The highest BCUT2D eigenvalue weighted by atomic mass is 35.5. The zero-order valence-corrected chi connectivity index (χ0v) is 11.3. The summed E-state index contributed by atoms with van der Waals surface area (Å²) in [4.78, 5) is 22.9. The van der Waals surface area contributed by atoms with E-state index in [1.807, 2.05) is 13.0 Å². The number of aromatic nitrogens is 1. The minimum Gasteiger partial charge on any atom is -0.312 e. The standard InChI is InChI=1S/C13H18ClNO2/c1-9(2)8-15-10(3)4-5-11(13(15)17)6-7-12(14)16/h4-5,9H,6-8H2,1-3H3. The molecule has 0 aliphatic carbocycles. The number of pyridine rings is 1. The Morgan fingerprint density at radius 3 is 2.59 bits per heavy atom. The van der Waals surface area contributed by atoms with Gasteiger partial charge in [-0.1, -0.05) is 19.9 Å². The van der Waals surface area contributed by atoms with Crippen molar-refractivity contribution >= 4 is 16.8 Å². The molecule has 0 bridgehead atoms. The Bertz CT molecular complexity index is 463. The highest BCUT2D eigenvalue weighted by molar-refractivity contribution is 6.63. The van der Waals surface area contributed by atoms with E-state index in [9.17, 15) is 9.59 Å². The van der Waals surface area contributed by atoms with Crippen molar-refractivity contribution < 1.29 is 4.79 Å². The first-order valence-electron chi connectivity index (χ1n) is 5.79. The number of hydrogen-bond acceptors (Lipinski definition) is 2. The first kappa shape index (κ1) is 14.0. The number of nitrogens with zero attached hydrogens (tertiary/aromatic N) is 1. The highest BCUT2D eigenvalue weighted by Gasteiger charge is 2.08. The van der Waals surface area contributed by atoms with Crippen LogP contribution in [0, 0.1) is 12.8 Å². The van der Waals surface area contributed by atoms with Crippen molar-refractivity contribution in [1.82, 2.24) is 4.57 Å². The lowest BCUT2D eigenvalue weighted by molar-refractivity contribution is -0.111. The number of aryl methyl sites for hydroxylation is 2. The zero-order chi connectivity index (χ0) is 13.0. The molecule has 17 heavy (non-hydrogen) atoms. The van der Waals surface area contributed by atoms with Gasteiger partial charge in [0.05, 0.1) is 0 Å². The van der Waals surface area contributed by atoms with Crippen LogP contribution in [0.5, 0.6) is 0 Å². The van der Waals surface area contributed by atoms with Crippen molar-refractivity contribution in [2.75, 3.05) is 0 Å². The van der Waals surface area contributed by atoms with Crippen LogP contribution in [0.3, 0.4) is 0 Å². The second-order valence-corrected chi connectivity index (χ2v) is 5.09. The quantitative estimate of drug-likeness (QED) is 0.759. The molecule has 0 saturated carbocycles. The minimum absolute atomic E-state index is 0.00313. The molecular weight excluding hydrogens is 238 g/mol. The Labute approximate surface area is 106 Å². The molecule has 0 aromatic carbocycles. The molecule has 1 aromatic rings. The van der Waals surface area contributed by atoms with E-state index < -0.39 is 5.24 Å². The van der Waals surface area contributed by atoms with Crippen molar-refractivity contribution in [3.63, 3.8) is 0 Å². The van der Waals surface area contributed by atoms with E-state index in [1.54, 1.807) is 10.6 Å². The van der Waals surface area contributed by atoms with E-state index in [0.29, 0.717) is 24.4 Å². The summed E-state index contributed by atoms with van der Waals surface area (Å²) in [5, 5.41) is -0.402.